The van der Waals surface area contributed by atoms with Gasteiger partial charge in [-0.15, -0.1) is 0 Å². The minimum atomic E-state index is 0.656. The van der Waals surface area contributed by atoms with Crippen molar-refractivity contribution in [3.63, 3.8) is 0 Å². The number of nitrogens with zero attached hydrogens (tertiary/aromatic N) is 3. The molecular weight excluding hydrogens is 334 g/mol. The lowest BCUT2D eigenvalue weighted by Crippen LogP contribution is -2.30. The fourth-order valence-electron chi connectivity index (χ4n) is 3.94. The predicted octanol–water partition coefficient (Wildman–Crippen LogP) is 5.55. The highest BCUT2D eigenvalue weighted by Crippen LogP contribution is 2.43. The molecule has 3 heterocycles. The van der Waals surface area contributed by atoms with E-state index in [1.807, 2.05) is 24.3 Å². The molecule has 0 atom stereocenters. The van der Waals surface area contributed by atoms with Gasteiger partial charge in [-0.2, -0.15) is 0 Å². The van der Waals surface area contributed by atoms with E-state index in [4.69, 9.17) is 4.42 Å². The number of rotatable bonds is 3. The lowest BCUT2D eigenvalue weighted by molar-refractivity contribution is 0.573. The van der Waals surface area contributed by atoms with Crippen molar-refractivity contribution in [2.75, 3.05) is 18.0 Å². The smallest absolute Gasteiger partial charge is 0.232 e. The quantitative estimate of drug-likeness (QED) is 0.483. The summed E-state index contributed by atoms with van der Waals surface area (Å²) in [6.45, 7) is 2.07. The van der Waals surface area contributed by atoms with E-state index in [2.05, 4.69) is 51.3 Å². The normalized spacial score (nSPS) is 14.6. The Labute approximate surface area is 158 Å². The largest absolute Gasteiger partial charge is 0.437 e. The summed E-state index contributed by atoms with van der Waals surface area (Å²) in [5.74, 6) is 1.85. The van der Waals surface area contributed by atoms with E-state index in [0.717, 1.165) is 46.7 Å². The minimum absolute atomic E-state index is 0.656. The van der Waals surface area contributed by atoms with Crippen LogP contribution < -0.4 is 4.90 Å². The summed E-state index contributed by atoms with van der Waals surface area (Å²) in [6, 6.07) is 20.7. The third-order valence-corrected chi connectivity index (χ3v) is 5.22. The molecule has 2 aromatic heterocycles. The molecule has 1 saturated heterocycles. The average molecular weight is 355 g/mol. The number of anilines is 1. The Morgan fingerprint density at radius 2 is 1.41 bits per heavy atom. The SMILES string of the molecule is c1ccc(-c2oc3ncnc(N4CCCCC4)c3c2-c2ccccc2)cc1. The molecule has 134 valence electrons. The van der Waals surface area contributed by atoms with Crippen LogP contribution >= 0.6 is 0 Å². The van der Waals surface area contributed by atoms with E-state index in [1.54, 1.807) is 6.33 Å². The second-order valence-electron chi connectivity index (χ2n) is 6.96. The first-order valence-corrected chi connectivity index (χ1v) is 9.55. The summed E-state index contributed by atoms with van der Waals surface area (Å²) in [6.07, 6.45) is 5.32. The van der Waals surface area contributed by atoms with Gasteiger partial charge in [0, 0.05) is 24.2 Å². The molecule has 0 aliphatic carbocycles. The summed E-state index contributed by atoms with van der Waals surface area (Å²) < 4.78 is 6.29. The zero-order valence-corrected chi connectivity index (χ0v) is 15.1. The first kappa shape index (κ1) is 16.1. The molecule has 0 spiro atoms. The molecule has 2 aromatic carbocycles. The maximum atomic E-state index is 6.29. The summed E-state index contributed by atoms with van der Waals surface area (Å²) in [5.41, 5.74) is 3.92. The van der Waals surface area contributed by atoms with Crippen molar-refractivity contribution in [3.05, 3.63) is 67.0 Å². The van der Waals surface area contributed by atoms with Gasteiger partial charge < -0.3 is 9.32 Å². The standard InChI is InChI=1S/C23H21N3O/c1-4-10-17(11-5-1)19-20-22(26-14-8-3-9-15-26)24-16-25-23(20)27-21(19)18-12-6-2-7-13-18/h1-2,4-7,10-13,16H,3,8-9,14-15H2. The van der Waals surface area contributed by atoms with Crippen LogP contribution in [0.5, 0.6) is 0 Å². The molecule has 4 aromatic rings. The molecule has 27 heavy (non-hydrogen) atoms. The molecule has 0 bridgehead atoms. The van der Waals surface area contributed by atoms with E-state index < -0.39 is 0 Å². The maximum absolute atomic E-state index is 6.29. The van der Waals surface area contributed by atoms with Gasteiger partial charge in [-0.25, -0.2) is 9.97 Å². The molecule has 0 saturated carbocycles. The predicted molar refractivity (Wildman–Crippen MR) is 109 cm³/mol. The van der Waals surface area contributed by atoms with E-state index in [9.17, 15) is 0 Å². The maximum Gasteiger partial charge on any atom is 0.232 e. The molecule has 1 fully saturated rings. The second kappa shape index (κ2) is 6.88. The van der Waals surface area contributed by atoms with E-state index in [0.29, 0.717) is 5.71 Å². The van der Waals surface area contributed by atoms with Gasteiger partial charge >= 0.3 is 0 Å². The number of furan rings is 1. The lowest BCUT2D eigenvalue weighted by atomic mass is 9.99. The fourth-order valence-corrected chi connectivity index (χ4v) is 3.94. The Bertz CT molecular complexity index is 1050. The number of benzene rings is 2. The second-order valence-corrected chi connectivity index (χ2v) is 6.96. The Hall–Kier alpha value is -3.14. The van der Waals surface area contributed by atoms with Crippen LogP contribution in [0.3, 0.4) is 0 Å². The molecule has 0 unspecified atom stereocenters. The number of aromatic nitrogens is 2. The third kappa shape index (κ3) is 2.87. The molecule has 1 aliphatic rings. The summed E-state index contributed by atoms with van der Waals surface area (Å²) >= 11 is 0. The fraction of sp³-hybridized carbons (Fsp3) is 0.217. The van der Waals surface area contributed by atoms with Crippen molar-refractivity contribution in [2.45, 2.75) is 19.3 Å². The minimum Gasteiger partial charge on any atom is -0.437 e. The first-order valence-electron chi connectivity index (χ1n) is 9.55. The van der Waals surface area contributed by atoms with Crippen molar-refractivity contribution < 1.29 is 4.42 Å². The molecule has 1 aliphatic heterocycles. The van der Waals surface area contributed by atoms with Gasteiger partial charge in [0.2, 0.25) is 5.71 Å². The molecule has 4 nitrogen and oxygen atoms in total. The summed E-state index contributed by atoms with van der Waals surface area (Å²) in [7, 11) is 0. The highest BCUT2D eigenvalue weighted by Gasteiger charge is 2.24. The number of piperidine rings is 1. The van der Waals surface area contributed by atoms with Gasteiger partial charge in [0.1, 0.15) is 17.9 Å². The van der Waals surface area contributed by atoms with Gasteiger partial charge in [-0.05, 0) is 24.8 Å². The monoisotopic (exact) mass is 355 g/mol. The van der Waals surface area contributed by atoms with Crippen molar-refractivity contribution in [1.29, 1.82) is 0 Å². The van der Waals surface area contributed by atoms with Crippen LogP contribution in [0, 0.1) is 0 Å². The van der Waals surface area contributed by atoms with Gasteiger partial charge in [0.25, 0.3) is 0 Å². The van der Waals surface area contributed by atoms with E-state index in [1.165, 1.54) is 19.3 Å². The van der Waals surface area contributed by atoms with Gasteiger partial charge in [0.15, 0.2) is 0 Å². The van der Waals surface area contributed by atoms with Gasteiger partial charge in [-0.3, -0.25) is 0 Å². The molecule has 0 amide bonds. The van der Waals surface area contributed by atoms with E-state index >= 15 is 0 Å². The van der Waals surface area contributed by atoms with Crippen molar-refractivity contribution in [3.8, 4) is 22.5 Å². The zero-order valence-electron chi connectivity index (χ0n) is 15.1. The number of hydrogen-bond donors (Lipinski definition) is 0. The van der Waals surface area contributed by atoms with E-state index in [-0.39, 0.29) is 0 Å². The van der Waals surface area contributed by atoms with Gasteiger partial charge in [-0.1, -0.05) is 60.7 Å². The van der Waals surface area contributed by atoms with Crippen LogP contribution in [0.2, 0.25) is 0 Å². The highest BCUT2D eigenvalue weighted by molar-refractivity contribution is 6.06. The summed E-state index contributed by atoms with van der Waals surface area (Å²) in [5, 5.41) is 1.02. The highest BCUT2D eigenvalue weighted by atomic mass is 16.3. The number of hydrogen-bond acceptors (Lipinski definition) is 4. The average Bonchev–Trinajstić information content (AvgIpc) is 3.15. The van der Waals surface area contributed by atoms with Crippen molar-refractivity contribution in [2.24, 2.45) is 0 Å². The zero-order chi connectivity index (χ0) is 18.1. The van der Waals surface area contributed by atoms with Crippen LogP contribution in [0.1, 0.15) is 19.3 Å². The molecule has 5 rings (SSSR count). The molecular formula is C23H21N3O. The number of fused-ring (bicyclic) bond motifs is 1. The Kier molecular flexibility index (Phi) is 4.09. The van der Waals surface area contributed by atoms with Crippen LogP contribution in [0.15, 0.2) is 71.4 Å². The lowest BCUT2D eigenvalue weighted by Gasteiger charge is -2.28. The Balaban J connectivity index is 1.80. The first-order chi connectivity index (χ1) is 13.4. The van der Waals surface area contributed by atoms with Gasteiger partial charge in [0.05, 0.1) is 5.39 Å². The molecule has 4 heteroatoms. The van der Waals surface area contributed by atoms with Crippen LogP contribution in [0.25, 0.3) is 33.6 Å². The van der Waals surface area contributed by atoms with Crippen LogP contribution in [-0.4, -0.2) is 23.1 Å². The van der Waals surface area contributed by atoms with Crippen molar-refractivity contribution in [1.82, 2.24) is 9.97 Å². The Morgan fingerprint density at radius 3 is 2.11 bits per heavy atom. The van der Waals surface area contributed by atoms with Crippen LogP contribution in [0.4, 0.5) is 5.82 Å². The summed E-state index contributed by atoms with van der Waals surface area (Å²) in [4.78, 5) is 11.5. The van der Waals surface area contributed by atoms with Crippen LogP contribution in [-0.2, 0) is 0 Å². The molecule has 0 radical (unpaired) electrons. The topological polar surface area (TPSA) is 42.2 Å². The third-order valence-electron chi connectivity index (χ3n) is 5.22. The molecule has 0 N–H and O–H groups in total. The Morgan fingerprint density at radius 1 is 0.741 bits per heavy atom. The van der Waals surface area contributed by atoms with Crippen molar-refractivity contribution >= 4 is 16.9 Å².